The highest BCUT2D eigenvalue weighted by Crippen LogP contribution is 2.06. The predicted octanol–water partition coefficient (Wildman–Crippen LogP) is 1.76. The van der Waals surface area contributed by atoms with Crippen LogP contribution < -0.4 is 5.32 Å². The van der Waals surface area contributed by atoms with Gasteiger partial charge >= 0.3 is 5.97 Å². The Morgan fingerprint density at radius 3 is 3.00 bits per heavy atom. The SMILES string of the molecule is C=CCn1ccnc1CNCc1cc(C(=O)O)cc(C)n1. The van der Waals surface area contributed by atoms with E-state index in [1.165, 1.54) is 0 Å². The Kier molecular flexibility index (Phi) is 4.84. The van der Waals surface area contributed by atoms with Crippen molar-refractivity contribution in [2.45, 2.75) is 26.6 Å². The smallest absolute Gasteiger partial charge is 0.335 e. The maximum atomic E-state index is 11.0. The molecule has 0 bridgehead atoms. The molecule has 0 saturated carbocycles. The van der Waals surface area contributed by atoms with Crippen molar-refractivity contribution in [3.63, 3.8) is 0 Å². The molecule has 2 N–H and O–H groups in total. The van der Waals surface area contributed by atoms with Crippen molar-refractivity contribution in [2.24, 2.45) is 0 Å². The van der Waals surface area contributed by atoms with Crippen molar-refractivity contribution in [3.8, 4) is 0 Å². The molecule has 2 aromatic heterocycles. The summed E-state index contributed by atoms with van der Waals surface area (Å²) in [6, 6.07) is 3.14. The molecule has 6 nitrogen and oxygen atoms in total. The van der Waals surface area contributed by atoms with E-state index in [4.69, 9.17) is 5.11 Å². The van der Waals surface area contributed by atoms with Gasteiger partial charge in [-0.2, -0.15) is 0 Å². The summed E-state index contributed by atoms with van der Waals surface area (Å²) < 4.78 is 1.99. The minimum absolute atomic E-state index is 0.257. The summed E-state index contributed by atoms with van der Waals surface area (Å²) >= 11 is 0. The quantitative estimate of drug-likeness (QED) is 0.758. The average molecular weight is 286 g/mol. The number of allylic oxidation sites excluding steroid dienone is 1. The van der Waals surface area contributed by atoms with Crippen molar-refractivity contribution in [2.75, 3.05) is 0 Å². The minimum Gasteiger partial charge on any atom is -0.478 e. The fraction of sp³-hybridized carbons (Fsp3) is 0.267. The third kappa shape index (κ3) is 4.00. The molecule has 21 heavy (non-hydrogen) atoms. The number of hydrogen-bond acceptors (Lipinski definition) is 4. The lowest BCUT2D eigenvalue weighted by Gasteiger charge is -2.08. The molecule has 0 spiro atoms. The molecule has 0 fully saturated rings. The number of imidazole rings is 1. The zero-order valence-corrected chi connectivity index (χ0v) is 11.9. The zero-order valence-electron chi connectivity index (χ0n) is 11.9. The van der Waals surface area contributed by atoms with E-state index in [1.807, 2.05) is 16.8 Å². The molecule has 2 rings (SSSR count). The van der Waals surface area contributed by atoms with Crippen LogP contribution in [-0.4, -0.2) is 25.6 Å². The van der Waals surface area contributed by atoms with Gasteiger partial charge in [-0.1, -0.05) is 6.08 Å². The van der Waals surface area contributed by atoms with Gasteiger partial charge in [-0.15, -0.1) is 6.58 Å². The van der Waals surface area contributed by atoms with Crippen LogP contribution in [0.15, 0.2) is 37.2 Å². The largest absolute Gasteiger partial charge is 0.478 e. The summed E-state index contributed by atoms with van der Waals surface area (Å²) in [7, 11) is 0. The van der Waals surface area contributed by atoms with Gasteiger partial charge in [0.15, 0.2) is 0 Å². The number of pyridine rings is 1. The fourth-order valence-corrected chi connectivity index (χ4v) is 2.07. The van der Waals surface area contributed by atoms with Crippen LogP contribution in [0, 0.1) is 6.92 Å². The molecular weight excluding hydrogens is 268 g/mol. The number of aromatic nitrogens is 3. The molecule has 0 radical (unpaired) electrons. The number of hydrogen-bond donors (Lipinski definition) is 2. The molecule has 0 aromatic carbocycles. The number of aryl methyl sites for hydroxylation is 1. The number of nitrogens with zero attached hydrogens (tertiary/aromatic N) is 3. The summed E-state index contributed by atoms with van der Waals surface area (Å²) in [5, 5.41) is 12.3. The number of aromatic carboxylic acids is 1. The molecule has 0 unspecified atom stereocenters. The lowest BCUT2D eigenvalue weighted by atomic mass is 10.2. The van der Waals surface area contributed by atoms with Crippen LogP contribution in [0.1, 0.15) is 27.6 Å². The van der Waals surface area contributed by atoms with Gasteiger partial charge in [0.1, 0.15) is 5.82 Å². The van der Waals surface area contributed by atoms with E-state index in [9.17, 15) is 4.79 Å². The number of carboxylic acids is 1. The van der Waals surface area contributed by atoms with Crippen LogP contribution >= 0.6 is 0 Å². The molecule has 0 amide bonds. The Morgan fingerprint density at radius 2 is 2.29 bits per heavy atom. The van der Waals surface area contributed by atoms with Gasteiger partial charge in [-0.05, 0) is 19.1 Å². The predicted molar refractivity (Wildman–Crippen MR) is 78.9 cm³/mol. The van der Waals surface area contributed by atoms with E-state index in [2.05, 4.69) is 21.9 Å². The van der Waals surface area contributed by atoms with Crippen molar-refractivity contribution in [3.05, 3.63) is 60.0 Å². The van der Waals surface area contributed by atoms with E-state index in [0.717, 1.165) is 5.82 Å². The Hall–Kier alpha value is -2.47. The van der Waals surface area contributed by atoms with Crippen LogP contribution in [-0.2, 0) is 19.6 Å². The average Bonchev–Trinajstić information content (AvgIpc) is 2.86. The third-order valence-electron chi connectivity index (χ3n) is 2.97. The highest BCUT2D eigenvalue weighted by molar-refractivity contribution is 5.87. The summed E-state index contributed by atoms with van der Waals surface area (Å²) in [4.78, 5) is 19.6. The highest BCUT2D eigenvalue weighted by Gasteiger charge is 2.07. The topological polar surface area (TPSA) is 80.0 Å². The van der Waals surface area contributed by atoms with Crippen molar-refractivity contribution in [1.82, 2.24) is 19.9 Å². The number of rotatable bonds is 7. The monoisotopic (exact) mass is 286 g/mol. The van der Waals surface area contributed by atoms with E-state index < -0.39 is 5.97 Å². The maximum Gasteiger partial charge on any atom is 0.335 e. The van der Waals surface area contributed by atoms with Gasteiger partial charge < -0.3 is 15.0 Å². The van der Waals surface area contributed by atoms with Gasteiger partial charge in [0.25, 0.3) is 0 Å². The van der Waals surface area contributed by atoms with Crippen LogP contribution in [0.25, 0.3) is 0 Å². The molecule has 0 aliphatic carbocycles. The first-order chi connectivity index (χ1) is 10.1. The Bertz CT molecular complexity index is 649. The van der Waals surface area contributed by atoms with Gasteiger partial charge in [0, 0.05) is 31.2 Å². The lowest BCUT2D eigenvalue weighted by molar-refractivity contribution is 0.0696. The molecule has 6 heteroatoms. The zero-order chi connectivity index (χ0) is 15.2. The molecule has 2 aromatic rings. The second-order valence-corrected chi connectivity index (χ2v) is 4.68. The highest BCUT2D eigenvalue weighted by atomic mass is 16.4. The second-order valence-electron chi connectivity index (χ2n) is 4.68. The molecular formula is C15H18N4O2. The van der Waals surface area contributed by atoms with E-state index in [-0.39, 0.29) is 5.56 Å². The van der Waals surface area contributed by atoms with Gasteiger partial charge in [0.2, 0.25) is 0 Å². The lowest BCUT2D eigenvalue weighted by Crippen LogP contribution is -2.18. The van der Waals surface area contributed by atoms with Crippen molar-refractivity contribution < 1.29 is 9.90 Å². The molecule has 110 valence electrons. The molecule has 0 atom stereocenters. The van der Waals surface area contributed by atoms with Crippen LogP contribution in [0.4, 0.5) is 0 Å². The van der Waals surface area contributed by atoms with Crippen LogP contribution in [0.3, 0.4) is 0 Å². The van der Waals surface area contributed by atoms with Gasteiger partial charge in [0.05, 0.1) is 17.8 Å². The number of carbonyl (C=O) groups is 1. The summed E-state index contributed by atoms with van der Waals surface area (Å²) in [6.07, 6.45) is 5.45. The maximum absolute atomic E-state index is 11.0. The van der Waals surface area contributed by atoms with Crippen LogP contribution in [0.5, 0.6) is 0 Å². The second kappa shape index (κ2) is 6.81. The van der Waals surface area contributed by atoms with Gasteiger partial charge in [-0.25, -0.2) is 9.78 Å². The van der Waals surface area contributed by atoms with E-state index in [1.54, 1.807) is 25.3 Å². The van der Waals surface area contributed by atoms with Crippen molar-refractivity contribution >= 4 is 5.97 Å². The third-order valence-corrected chi connectivity index (χ3v) is 2.97. The molecule has 2 heterocycles. The van der Waals surface area contributed by atoms with Gasteiger partial charge in [-0.3, -0.25) is 4.98 Å². The minimum atomic E-state index is -0.941. The number of carboxylic acid groups (broad SMARTS) is 1. The fourth-order valence-electron chi connectivity index (χ4n) is 2.07. The first kappa shape index (κ1) is 14.9. The first-order valence-electron chi connectivity index (χ1n) is 6.62. The summed E-state index contributed by atoms with van der Waals surface area (Å²) in [5.74, 6) is -0.0377. The Morgan fingerprint density at radius 1 is 1.48 bits per heavy atom. The molecule has 0 saturated heterocycles. The van der Waals surface area contributed by atoms with Crippen molar-refractivity contribution in [1.29, 1.82) is 0 Å². The molecule has 0 aliphatic rings. The number of nitrogens with one attached hydrogen (secondary N) is 1. The Labute approximate surface area is 123 Å². The summed E-state index contributed by atoms with van der Waals surface area (Å²) in [5.41, 5.74) is 1.65. The van der Waals surface area contributed by atoms with Crippen LogP contribution in [0.2, 0.25) is 0 Å². The first-order valence-corrected chi connectivity index (χ1v) is 6.62. The summed E-state index contributed by atoms with van der Waals surface area (Å²) in [6.45, 7) is 7.27. The van der Waals surface area contributed by atoms with E-state index >= 15 is 0 Å². The normalized spacial score (nSPS) is 10.5. The van der Waals surface area contributed by atoms with E-state index in [0.29, 0.717) is 31.0 Å². The Balaban J connectivity index is 1.98. The molecule has 0 aliphatic heterocycles. The standard InChI is InChI=1S/C15H18N4O2/c1-3-5-19-6-4-17-14(19)10-16-9-13-8-12(15(20)21)7-11(2)18-13/h3-4,6-8,16H,1,5,9-10H2,2H3,(H,20,21).